The molecular formula is C22H31N3O. The number of fused-ring (bicyclic) bond motifs is 3. The number of benzene rings is 1. The lowest BCUT2D eigenvalue weighted by molar-refractivity contribution is -0.133. The standard InChI is InChI=1S/C22H31N3O/c1-16-6-12-24(13-7-16)22(26)15-25-20-5-4-17(2)14-19(20)18-8-10-23(3)11-9-21(18)25/h4-5,14,16H,6-13,15H2,1-3H3. The van der Waals surface area contributed by atoms with Gasteiger partial charge in [0.2, 0.25) is 5.91 Å². The van der Waals surface area contributed by atoms with Crippen molar-refractivity contribution in [2.24, 2.45) is 5.92 Å². The van der Waals surface area contributed by atoms with E-state index in [0.717, 1.165) is 57.8 Å². The zero-order chi connectivity index (χ0) is 18.3. The maximum absolute atomic E-state index is 13.0. The smallest absolute Gasteiger partial charge is 0.242 e. The van der Waals surface area contributed by atoms with Crippen LogP contribution in [0.5, 0.6) is 0 Å². The zero-order valence-electron chi connectivity index (χ0n) is 16.4. The van der Waals surface area contributed by atoms with Crippen molar-refractivity contribution in [2.45, 2.75) is 46.1 Å². The molecule has 0 N–H and O–H groups in total. The molecule has 0 atom stereocenters. The van der Waals surface area contributed by atoms with Crippen LogP contribution in [0.25, 0.3) is 10.9 Å². The highest BCUT2D eigenvalue weighted by molar-refractivity contribution is 5.88. The van der Waals surface area contributed by atoms with Gasteiger partial charge in [-0.05, 0) is 56.8 Å². The normalized spacial score (nSPS) is 19.6. The highest BCUT2D eigenvalue weighted by Crippen LogP contribution is 2.30. The Morgan fingerprint density at radius 1 is 1.12 bits per heavy atom. The Hall–Kier alpha value is -1.81. The first-order valence-corrected chi connectivity index (χ1v) is 10.1. The lowest BCUT2D eigenvalue weighted by Crippen LogP contribution is -2.40. The molecule has 4 nitrogen and oxygen atoms in total. The van der Waals surface area contributed by atoms with Gasteiger partial charge in [-0.25, -0.2) is 0 Å². The molecule has 0 unspecified atom stereocenters. The molecule has 4 rings (SSSR count). The van der Waals surface area contributed by atoms with Crippen LogP contribution in [0.4, 0.5) is 0 Å². The summed E-state index contributed by atoms with van der Waals surface area (Å²) in [4.78, 5) is 17.5. The summed E-state index contributed by atoms with van der Waals surface area (Å²) in [5.41, 5.74) is 5.39. The van der Waals surface area contributed by atoms with Gasteiger partial charge in [0.05, 0.1) is 0 Å². The number of rotatable bonds is 2. The van der Waals surface area contributed by atoms with Crippen molar-refractivity contribution in [3.05, 3.63) is 35.0 Å². The Morgan fingerprint density at radius 3 is 2.62 bits per heavy atom. The number of carbonyl (C=O) groups is 1. The molecule has 0 radical (unpaired) electrons. The third kappa shape index (κ3) is 3.27. The Morgan fingerprint density at radius 2 is 1.85 bits per heavy atom. The molecule has 2 aliphatic rings. The van der Waals surface area contributed by atoms with Gasteiger partial charge >= 0.3 is 0 Å². The number of aromatic nitrogens is 1. The fraction of sp³-hybridized carbons (Fsp3) is 0.591. The number of piperidine rings is 1. The van der Waals surface area contributed by atoms with Crippen LogP contribution in [-0.4, -0.2) is 53.5 Å². The number of carbonyl (C=O) groups excluding carboxylic acids is 1. The number of aryl methyl sites for hydroxylation is 1. The van der Waals surface area contributed by atoms with Gasteiger partial charge in [0, 0.05) is 49.2 Å². The first-order chi connectivity index (χ1) is 12.5. The summed E-state index contributed by atoms with van der Waals surface area (Å²) in [6, 6.07) is 6.70. The number of likely N-dealkylation sites (N-methyl/N-ethyl adjacent to an activating group) is 1. The van der Waals surface area contributed by atoms with Crippen LogP contribution in [0.15, 0.2) is 18.2 Å². The molecule has 1 amide bonds. The minimum Gasteiger partial charge on any atom is -0.341 e. The summed E-state index contributed by atoms with van der Waals surface area (Å²) in [5.74, 6) is 1.04. The largest absolute Gasteiger partial charge is 0.341 e. The second-order valence-electron chi connectivity index (χ2n) is 8.40. The zero-order valence-corrected chi connectivity index (χ0v) is 16.4. The Bertz CT molecular complexity index is 814. The highest BCUT2D eigenvalue weighted by Gasteiger charge is 2.25. The van der Waals surface area contributed by atoms with E-state index >= 15 is 0 Å². The van der Waals surface area contributed by atoms with Crippen LogP contribution < -0.4 is 0 Å². The van der Waals surface area contributed by atoms with Crippen molar-refractivity contribution in [1.29, 1.82) is 0 Å². The van der Waals surface area contributed by atoms with Crippen molar-refractivity contribution in [1.82, 2.24) is 14.4 Å². The van der Waals surface area contributed by atoms with Gasteiger partial charge in [0.25, 0.3) is 0 Å². The average molecular weight is 354 g/mol. The molecule has 140 valence electrons. The third-order valence-corrected chi connectivity index (χ3v) is 6.35. The molecule has 1 fully saturated rings. The van der Waals surface area contributed by atoms with E-state index in [4.69, 9.17) is 0 Å². The summed E-state index contributed by atoms with van der Waals surface area (Å²) in [7, 11) is 2.20. The Kier molecular flexibility index (Phi) is 4.78. The van der Waals surface area contributed by atoms with Gasteiger partial charge in [-0.3, -0.25) is 4.79 Å². The first-order valence-electron chi connectivity index (χ1n) is 10.1. The monoisotopic (exact) mass is 353 g/mol. The lowest BCUT2D eigenvalue weighted by atomic mass is 9.99. The first kappa shape index (κ1) is 17.6. The summed E-state index contributed by atoms with van der Waals surface area (Å²) >= 11 is 0. The van der Waals surface area contributed by atoms with Crippen molar-refractivity contribution in [2.75, 3.05) is 33.2 Å². The van der Waals surface area contributed by atoms with E-state index in [0.29, 0.717) is 6.54 Å². The highest BCUT2D eigenvalue weighted by atomic mass is 16.2. The van der Waals surface area contributed by atoms with Crippen LogP contribution in [0.3, 0.4) is 0 Å². The SMILES string of the molecule is Cc1ccc2c(c1)c1c(n2CC(=O)N2CCC(C)CC2)CCN(C)CC1. The number of nitrogens with zero attached hydrogens (tertiary/aromatic N) is 3. The fourth-order valence-corrected chi connectivity index (χ4v) is 4.54. The molecule has 0 bridgehead atoms. The molecule has 0 saturated carbocycles. The van der Waals surface area contributed by atoms with E-state index < -0.39 is 0 Å². The predicted octanol–water partition coefficient (Wildman–Crippen LogP) is 3.24. The van der Waals surface area contributed by atoms with Crippen molar-refractivity contribution in [3.8, 4) is 0 Å². The van der Waals surface area contributed by atoms with Crippen molar-refractivity contribution < 1.29 is 4.79 Å². The van der Waals surface area contributed by atoms with Gasteiger partial charge in [0.1, 0.15) is 6.54 Å². The van der Waals surface area contributed by atoms with Crippen LogP contribution in [0.2, 0.25) is 0 Å². The van der Waals surface area contributed by atoms with E-state index in [1.165, 1.54) is 27.7 Å². The van der Waals surface area contributed by atoms with Crippen LogP contribution in [0, 0.1) is 12.8 Å². The summed E-state index contributed by atoms with van der Waals surface area (Å²) in [6.45, 7) is 8.95. The van der Waals surface area contributed by atoms with Crippen LogP contribution >= 0.6 is 0 Å². The second-order valence-corrected chi connectivity index (χ2v) is 8.40. The molecule has 1 aromatic heterocycles. The minimum atomic E-state index is 0.287. The number of likely N-dealkylation sites (tertiary alicyclic amines) is 1. The quantitative estimate of drug-likeness (QED) is 0.829. The minimum absolute atomic E-state index is 0.287. The molecule has 26 heavy (non-hydrogen) atoms. The van der Waals surface area contributed by atoms with Crippen LogP contribution in [-0.2, 0) is 24.2 Å². The Balaban J connectivity index is 1.69. The molecule has 3 heterocycles. The van der Waals surface area contributed by atoms with Gasteiger partial charge in [-0.15, -0.1) is 0 Å². The van der Waals surface area contributed by atoms with Gasteiger partial charge in [-0.1, -0.05) is 18.6 Å². The van der Waals surface area contributed by atoms with Gasteiger partial charge < -0.3 is 14.4 Å². The maximum Gasteiger partial charge on any atom is 0.242 e. The number of hydrogen-bond donors (Lipinski definition) is 0. The molecule has 2 aliphatic heterocycles. The number of amides is 1. The van der Waals surface area contributed by atoms with Crippen LogP contribution in [0.1, 0.15) is 36.6 Å². The molecule has 0 aliphatic carbocycles. The number of hydrogen-bond acceptors (Lipinski definition) is 2. The summed E-state index contributed by atoms with van der Waals surface area (Å²) in [6.07, 6.45) is 4.39. The molecule has 1 aromatic carbocycles. The second kappa shape index (κ2) is 7.07. The topological polar surface area (TPSA) is 28.5 Å². The molecule has 0 spiro atoms. The van der Waals surface area contributed by atoms with E-state index in [1.807, 2.05) is 0 Å². The fourth-order valence-electron chi connectivity index (χ4n) is 4.54. The van der Waals surface area contributed by atoms with E-state index in [2.05, 4.69) is 53.5 Å². The maximum atomic E-state index is 13.0. The summed E-state index contributed by atoms with van der Waals surface area (Å²) in [5, 5.41) is 1.36. The van der Waals surface area contributed by atoms with Gasteiger partial charge in [-0.2, -0.15) is 0 Å². The predicted molar refractivity (Wildman–Crippen MR) is 107 cm³/mol. The van der Waals surface area contributed by atoms with Crippen molar-refractivity contribution in [3.63, 3.8) is 0 Å². The third-order valence-electron chi connectivity index (χ3n) is 6.35. The molecular weight excluding hydrogens is 322 g/mol. The molecule has 4 heteroatoms. The van der Waals surface area contributed by atoms with Gasteiger partial charge in [0.15, 0.2) is 0 Å². The lowest BCUT2D eigenvalue weighted by Gasteiger charge is -2.30. The van der Waals surface area contributed by atoms with E-state index in [-0.39, 0.29) is 5.91 Å². The average Bonchev–Trinajstić information content (AvgIpc) is 2.76. The van der Waals surface area contributed by atoms with E-state index in [1.54, 1.807) is 0 Å². The molecule has 2 aromatic rings. The van der Waals surface area contributed by atoms with E-state index in [9.17, 15) is 4.79 Å². The Labute approximate surface area is 156 Å². The molecule has 1 saturated heterocycles. The summed E-state index contributed by atoms with van der Waals surface area (Å²) < 4.78 is 2.32. The van der Waals surface area contributed by atoms with Crippen molar-refractivity contribution >= 4 is 16.8 Å².